The Hall–Kier alpha value is 5.80. The minimum Gasteiger partial charge on any atom is -0.412 e. The molecule has 2 N–H and O–H groups in total. The summed E-state index contributed by atoms with van der Waals surface area (Å²) >= 11 is 14.1. The Labute approximate surface area is 248 Å². The molecular weight excluding hydrogens is 1190 g/mol. The first-order valence-corrected chi connectivity index (χ1v) is 26.4. The van der Waals surface area contributed by atoms with Crippen LogP contribution in [0.1, 0.15) is 21.3 Å². The van der Waals surface area contributed by atoms with Gasteiger partial charge in [-0.2, -0.15) is 0 Å². The van der Waals surface area contributed by atoms with Gasteiger partial charge in [0, 0.05) is 0 Å². The van der Waals surface area contributed by atoms with Gasteiger partial charge in [-0.05, 0) is 29.6 Å². The minimum atomic E-state index is 0. The van der Waals surface area contributed by atoms with Gasteiger partial charge in [0.05, 0.1) is 0 Å². The number of alkyl halides is 10. The maximum absolute atomic E-state index is 2.24. The van der Waals surface area contributed by atoms with E-state index in [1.807, 2.05) is 43.4 Å². The maximum atomic E-state index is 2.24. The third kappa shape index (κ3) is 472. The van der Waals surface area contributed by atoms with Crippen molar-refractivity contribution in [2.75, 3.05) is 49.3 Å². The van der Waals surface area contributed by atoms with E-state index in [1.54, 1.807) is 0 Å². The second kappa shape index (κ2) is 293. The summed E-state index contributed by atoms with van der Waals surface area (Å²) in [6.07, 6.45) is 0. The van der Waals surface area contributed by atoms with Crippen LogP contribution in [0.15, 0.2) is 0 Å². The van der Waals surface area contributed by atoms with Gasteiger partial charge in [0.2, 0.25) is 0 Å². The molecule has 0 unspecified atom stereocenters. The van der Waals surface area contributed by atoms with Crippen molar-refractivity contribution in [2.45, 2.75) is 21.3 Å². The van der Waals surface area contributed by atoms with E-state index in [-0.39, 0.29) is 12.9 Å². The van der Waals surface area contributed by atoms with Crippen molar-refractivity contribution >= 4 is 136 Å². The summed E-state index contributed by atoms with van der Waals surface area (Å²) in [5.41, 5.74) is 0. The molecule has 0 atom stereocenters. The van der Waals surface area contributed by atoms with Crippen molar-refractivity contribution in [1.82, 2.24) is 0 Å². The summed E-state index contributed by atoms with van der Waals surface area (Å²) in [4.78, 5) is 20.8. The van der Waals surface area contributed by atoms with Crippen molar-refractivity contribution in [2.24, 2.45) is 0 Å². The Morgan fingerprint density at radius 2 is 0.409 bits per heavy atom. The summed E-state index contributed by atoms with van der Waals surface area (Å²) in [6.45, 7) is 4.00. The van der Waals surface area contributed by atoms with Crippen LogP contribution in [0.4, 0.5) is 0 Å². The Balaban J connectivity index is -0.00000000685. The molecule has 0 aliphatic heterocycles. The molecule has 0 saturated heterocycles. The Morgan fingerprint density at radius 3 is 0.409 bits per heavy atom. The number of halogens is 8. The fourth-order valence-electron chi connectivity index (χ4n) is 0. The van der Waals surface area contributed by atoms with E-state index < -0.39 is 0 Å². The van der Waals surface area contributed by atoms with Gasteiger partial charge in [-0.25, -0.2) is 0 Å². The van der Waals surface area contributed by atoms with Gasteiger partial charge in [-0.15, -0.1) is 0 Å². The van der Waals surface area contributed by atoms with Crippen LogP contribution in [0.5, 0.6) is 0 Å². The van der Waals surface area contributed by atoms with Crippen molar-refractivity contribution in [1.29, 1.82) is 0 Å². The average Bonchev–Trinajstić information content (AvgIpc) is 2.61. The second-order valence-corrected chi connectivity index (χ2v) is 5.07. The van der Waals surface area contributed by atoms with E-state index in [9.17, 15) is 0 Å². The quantitative estimate of drug-likeness (QED) is 0.263. The molecule has 0 aliphatic rings. The van der Waals surface area contributed by atoms with Gasteiger partial charge in [-0.1, -0.05) is 157 Å². The minimum absolute atomic E-state index is 0. The molecular formula is C13H42I8O-2. The van der Waals surface area contributed by atoms with E-state index in [0.29, 0.717) is 42.4 Å². The monoisotopic (exact) mass is 1230 g/mol. The van der Waals surface area contributed by atoms with Crippen LogP contribution in [0.25, 0.3) is 0 Å². The summed E-state index contributed by atoms with van der Waals surface area (Å²) in [6, 6.07) is 0. The van der Waals surface area contributed by atoms with Gasteiger partial charge in [0.1, 0.15) is 0 Å². The second-order valence-electron chi connectivity index (χ2n) is 0.756. The predicted octanol–water partition coefficient (Wildman–Crippen LogP) is 1.81. The maximum Gasteiger partial charge on any atom is -0.412 e. The molecule has 1 nitrogen and oxygen atoms in total. The Bertz CT molecular complexity index is 28.0. The first-order chi connectivity index (χ1) is 9.83. The van der Waals surface area contributed by atoms with Crippen LogP contribution in [-0.2, 0) is 0 Å². The molecule has 0 aliphatic carbocycles. The normalized spacial score (nSPS) is 3.91. The smallest absolute Gasteiger partial charge is 0.412 e. The fraction of sp³-hybridized carbons (Fsp3) is 1.00. The molecule has 0 aromatic heterocycles. The van der Waals surface area contributed by atoms with E-state index in [2.05, 4.69) is 155 Å². The largest absolute Gasteiger partial charge is 0.412 e. The van der Waals surface area contributed by atoms with E-state index in [4.69, 9.17) is 0 Å². The van der Waals surface area contributed by atoms with E-state index in [1.165, 1.54) is 0 Å². The number of hydrogen-bond acceptors (Lipinski definition) is 0. The molecule has 0 fully saturated rings. The topological polar surface area (TPSA) is 31.5 Å². The number of hydrogen-bond donors (Lipinski definition) is 0. The summed E-state index contributed by atoms with van der Waals surface area (Å²) < 4.78 is 0. The van der Waals surface area contributed by atoms with Crippen molar-refractivity contribution in [3.8, 4) is 0 Å². The van der Waals surface area contributed by atoms with Crippen LogP contribution in [0, 0.1) is 0 Å². The van der Waals surface area contributed by atoms with Crippen LogP contribution in [0.3, 0.4) is 0 Å². The molecule has 0 aromatic rings. The Morgan fingerprint density at radius 1 is 0.409 bits per heavy atom. The van der Waals surface area contributed by atoms with Crippen molar-refractivity contribution in [3.05, 3.63) is 0 Å². The van der Waals surface area contributed by atoms with E-state index in [0.717, 1.165) is 0 Å². The van der Waals surface area contributed by atoms with Crippen molar-refractivity contribution < 1.29 is 47.9 Å². The third-order valence-corrected chi connectivity index (χ3v) is 0. The molecule has 22 heavy (non-hydrogen) atoms. The fourth-order valence-corrected chi connectivity index (χ4v) is 0. The SMILES string of the molecule is C.CC.CI.CI.CI.CI.CI.CI.C[I-]C.C[I-]C.O. The van der Waals surface area contributed by atoms with Gasteiger partial charge >= 0.3 is 62.1 Å². The van der Waals surface area contributed by atoms with Gasteiger partial charge < -0.3 is 5.48 Å². The summed E-state index contributed by atoms with van der Waals surface area (Å²) in [7, 11) is 0. The standard InChI is InChI=1S/2C2H6I.C2H6.6CH3I.CH4.H2O/c2*1-3-2;7*1-2;;/h2*1-2H3;1-2H3;6*1H3;1H4;1H2/q2*-1;;;;;;;;;. The zero-order chi connectivity index (χ0) is 19.4. The van der Waals surface area contributed by atoms with E-state index >= 15 is 0 Å². The third-order valence-electron chi connectivity index (χ3n) is 0. The summed E-state index contributed by atoms with van der Waals surface area (Å²) in [5, 5.41) is 0. The van der Waals surface area contributed by atoms with Gasteiger partial charge in [-0.3, -0.25) is 0 Å². The van der Waals surface area contributed by atoms with Gasteiger partial charge in [0.15, 0.2) is 0 Å². The molecule has 9 heteroatoms. The number of rotatable bonds is 0. The zero-order valence-electron chi connectivity index (χ0n) is 15.5. The molecule has 0 aromatic carbocycles. The molecule has 158 valence electrons. The molecule has 0 spiro atoms. The molecule has 0 saturated carbocycles. The van der Waals surface area contributed by atoms with Gasteiger partial charge in [0.25, 0.3) is 0 Å². The predicted molar refractivity (Wildman–Crippen MR) is 165 cm³/mol. The first-order valence-electron chi connectivity index (χ1n) is 4.78. The zero-order valence-corrected chi connectivity index (χ0v) is 32.8. The van der Waals surface area contributed by atoms with Crippen LogP contribution in [-0.4, -0.2) is 54.8 Å². The first kappa shape index (κ1) is 70.7. The van der Waals surface area contributed by atoms with Crippen LogP contribution < -0.4 is 42.4 Å². The van der Waals surface area contributed by atoms with Crippen LogP contribution in [0.2, 0.25) is 0 Å². The molecule has 0 radical (unpaired) electrons. The summed E-state index contributed by atoms with van der Waals surface area (Å²) in [5.74, 6) is 0. The molecule has 0 bridgehead atoms. The average molecular weight is 1230 g/mol. The molecule has 0 rings (SSSR count). The van der Waals surface area contributed by atoms with Crippen LogP contribution >= 0.6 is 136 Å². The molecule has 0 amide bonds. The molecule has 0 heterocycles. The van der Waals surface area contributed by atoms with Crippen molar-refractivity contribution in [3.63, 3.8) is 0 Å². The Kier molecular flexibility index (Phi) is 943.